The van der Waals surface area contributed by atoms with E-state index in [4.69, 9.17) is 0 Å². The van der Waals surface area contributed by atoms with Crippen LogP contribution in [-0.2, 0) is 9.84 Å². The van der Waals surface area contributed by atoms with Gasteiger partial charge in [-0.2, -0.15) is 0 Å². The Labute approximate surface area is 98.9 Å². The summed E-state index contributed by atoms with van der Waals surface area (Å²) < 4.78 is 22.5. The third-order valence-electron chi connectivity index (χ3n) is 4.01. The Balaban J connectivity index is 1.86. The van der Waals surface area contributed by atoms with E-state index >= 15 is 0 Å². The first-order valence-electron chi connectivity index (χ1n) is 6.40. The van der Waals surface area contributed by atoms with Gasteiger partial charge in [0.1, 0.15) is 9.84 Å². The summed E-state index contributed by atoms with van der Waals surface area (Å²) in [6.45, 7) is 1.03. The van der Waals surface area contributed by atoms with Crippen LogP contribution in [0.2, 0.25) is 0 Å². The molecule has 4 heteroatoms. The quantitative estimate of drug-likeness (QED) is 0.775. The molecule has 0 aromatic heterocycles. The fraction of sp³-hybridized carbons (Fsp3) is 1.00. The maximum absolute atomic E-state index is 11.3. The SMILES string of the molecule is CS(=O)(=O)CCC1(CNC2CC2)CCCC1. The fourth-order valence-electron chi connectivity index (χ4n) is 2.69. The van der Waals surface area contributed by atoms with Crippen molar-refractivity contribution in [2.24, 2.45) is 5.41 Å². The highest BCUT2D eigenvalue weighted by Crippen LogP contribution is 2.41. The molecule has 0 heterocycles. The molecule has 3 nitrogen and oxygen atoms in total. The molecule has 2 aliphatic carbocycles. The van der Waals surface area contributed by atoms with Gasteiger partial charge < -0.3 is 5.32 Å². The first-order chi connectivity index (χ1) is 7.49. The van der Waals surface area contributed by atoms with Gasteiger partial charge in [-0.25, -0.2) is 8.42 Å². The lowest BCUT2D eigenvalue weighted by Gasteiger charge is -2.29. The molecule has 0 saturated heterocycles. The molecule has 94 valence electrons. The summed E-state index contributed by atoms with van der Waals surface area (Å²) in [6.07, 6.45) is 9.79. The highest BCUT2D eigenvalue weighted by atomic mass is 32.2. The Morgan fingerprint density at radius 1 is 1.25 bits per heavy atom. The van der Waals surface area contributed by atoms with Gasteiger partial charge in [0.15, 0.2) is 0 Å². The van der Waals surface area contributed by atoms with Crippen LogP contribution in [0.1, 0.15) is 44.9 Å². The molecule has 0 bridgehead atoms. The smallest absolute Gasteiger partial charge is 0.147 e. The molecule has 0 amide bonds. The van der Waals surface area contributed by atoms with E-state index in [2.05, 4.69) is 5.32 Å². The van der Waals surface area contributed by atoms with Gasteiger partial charge in [-0.15, -0.1) is 0 Å². The zero-order valence-corrected chi connectivity index (χ0v) is 11.0. The molecule has 2 fully saturated rings. The van der Waals surface area contributed by atoms with E-state index in [9.17, 15) is 8.42 Å². The summed E-state index contributed by atoms with van der Waals surface area (Å²) in [5.41, 5.74) is 0.283. The summed E-state index contributed by atoms with van der Waals surface area (Å²) in [4.78, 5) is 0. The van der Waals surface area contributed by atoms with E-state index in [1.165, 1.54) is 44.8 Å². The molecular formula is C12H23NO2S. The van der Waals surface area contributed by atoms with E-state index in [0.29, 0.717) is 5.75 Å². The maximum Gasteiger partial charge on any atom is 0.147 e. The molecule has 0 aromatic carbocycles. The monoisotopic (exact) mass is 245 g/mol. The van der Waals surface area contributed by atoms with E-state index in [1.54, 1.807) is 0 Å². The summed E-state index contributed by atoms with van der Waals surface area (Å²) >= 11 is 0. The molecule has 0 radical (unpaired) electrons. The number of hydrogen-bond acceptors (Lipinski definition) is 3. The second kappa shape index (κ2) is 4.65. The molecule has 0 aliphatic heterocycles. The fourth-order valence-corrected chi connectivity index (χ4v) is 3.49. The van der Waals surface area contributed by atoms with Crippen LogP contribution in [0.4, 0.5) is 0 Å². The standard InChI is InChI=1S/C12H23NO2S/c1-16(14,15)9-8-12(6-2-3-7-12)10-13-11-4-5-11/h11,13H,2-10H2,1H3. The van der Waals surface area contributed by atoms with Crippen molar-refractivity contribution in [3.63, 3.8) is 0 Å². The Hall–Kier alpha value is -0.0900. The lowest BCUT2D eigenvalue weighted by molar-refractivity contribution is 0.269. The molecular weight excluding hydrogens is 222 g/mol. The molecule has 0 atom stereocenters. The van der Waals surface area contributed by atoms with Crippen LogP contribution in [0.15, 0.2) is 0 Å². The zero-order valence-electron chi connectivity index (χ0n) is 10.2. The predicted octanol–water partition coefficient (Wildman–Crippen LogP) is 1.73. The molecule has 0 spiro atoms. The maximum atomic E-state index is 11.3. The molecule has 16 heavy (non-hydrogen) atoms. The lowest BCUT2D eigenvalue weighted by Crippen LogP contribution is -2.34. The van der Waals surface area contributed by atoms with Crippen molar-refractivity contribution in [1.82, 2.24) is 5.32 Å². The number of hydrogen-bond donors (Lipinski definition) is 1. The average Bonchev–Trinajstić information content (AvgIpc) is 2.91. The Bertz CT molecular complexity index is 327. The minimum absolute atomic E-state index is 0.283. The molecule has 0 aromatic rings. The van der Waals surface area contributed by atoms with Crippen LogP contribution in [-0.4, -0.2) is 33.0 Å². The van der Waals surface area contributed by atoms with Gasteiger partial charge in [-0.05, 0) is 37.5 Å². The molecule has 0 unspecified atom stereocenters. The molecule has 1 N–H and O–H groups in total. The van der Waals surface area contributed by atoms with Crippen LogP contribution in [0.25, 0.3) is 0 Å². The van der Waals surface area contributed by atoms with Crippen LogP contribution >= 0.6 is 0 Å². The van der Waals surface area contributed by atoms with Crippen molar-refractivity contribution >= 4 is 9.84 Å². The van der Waals surface area contributed by atoms with Crippen LogP contribution in [0.5, 0.6) is 0 Å². The summed E-state index contributed by atoms with van der Waals surface area (Å²) in [6, 6.07) is 0.732. The Kier molecular flexibility index (Phi) is 3.59. The summed E-state index contributed by atoms with van der Waals surface area (Å²) in [5, 5.41) is 3.58. The van der Waals surface area contributed by atoms with Crippen molar-refractivity contribution in [2.45, 2.75) is 51.0 Å². The van der Waals surface area contributed by atoms with Crippen molar-refractivity contribution in [3.8, 4) is 0 Å². The first kappa shape index (κ1) is 12.4. The predicted molar refractivity (Wildman–Crippen MR) is 66.3 cm³/mol. The highest BCUT2D eigenvalue weighted by molar-refractivity contribution is 7.90. The van der Waals surface area contributed by atoms with E-state index in [0.717, 1.165) is 19.0 Å². The van der Waals surface area contributed by atoms with Crippen molar-refractivity contribution < 1.29 is 8.42 Å². The van der Waals surface area contributed by atoms with Gasteiger partial charge in [-0.1, -0.05) is 12.8 Å². The number of rotatable bonds is 6. The average molecular weight is 245 g/mol. The van der Waals surface area contributed by atoms with Crippen molar-refractivity contribution in [2.75, 3.05) is 18.6 Å². The van der Waals surface area contributed by atoms with E-state index in [-0.39, 0.29) is 5.41 Å². The largest absolute Gasteiger partial charge is 0.313 e. The van der Waals surface area contributed by atoms with Gasteiger partial charge in [-0.3, -0.25) is 0 Å². The van der Waals surface area contributed by atoms with Crippen molar-refractivity contribution in [3.05, 3.63) is 0 Å². The molecule has 2 saturated carbocycles. The van der Waals surface area contributed by atoms with Gasteiger partial charge in [0, 0.05) is 18.8 Å². The number of nitrogens with one attached hydrogen (secondary N) is 1. The Morgan fingerprint density at radius 2 is 1.88 bits per heavy atom. The summed E-state index contributed by atoms with van der Waals surface area (Å²) in [5.74, 6) is 0.360. The van der Waals surface area contributed by atoms with Gasteiger partial charge >= 0.3 is 0 Å². The van der Waals surface area contributed by atoms with Crippen molar-refractivity contribution in [1.29, 1.82) is 0 Å². The lowest BCUT2D eigenvalue weighted by atomic mass is 9.83. The highest BCUT2D eigenvalue weighted by Gasteiger charge is 2.35. The van der Waals surface area contributed by atoms with E-state index < -0.39 is 9.84 Å². The Morgan fingerprint density at radius 3 is 2.38 bits per heavy atom. The third kappa shape index (κ3) is 3.74. The minimum atomic E-state index is -2.80. The van der Waals surface area contributed by atoms with Gasteiger partial charge in [0.05, 0.1) is 5.75 Å². The van der Waals surface area contributed by atoms with E-state index in [1.807, 2.05) is 0 Å². The second-order valence-electron chi connectivity index (χ2n) is 5.74. The third-order valence-corrected chi connectivity index (χ3v) is 4.96. The van der Waals surface area contributed by atoms with Crippen LogP contribution in [0.3, 0.4) is 0 Å². The van der Waals surface area contributed by atoms with Crippen LogP contribution in [0, 0.1) is 5.41 Å². The topological polar surface area (TPSA) is 46.2 Å². The van der Waals surface area contributed by atoms with Crippen LogP contribution < -0.4 is 5.32 Å². The molecule has 2 rings (SSSR count). The normalized spacial score (nSPS) is 24.8. The zero-order chi connectivity index (χ0) is 11.6. The molecule has 2 aliphatic rings. The minimum Gasteiger partial charge on any atom is -0.313 e. The number of sulfone groups is 1. The second-order valence-corrected chi connectivity index (χ2v) is 8.00. The first-order valence-corrected chi connectivity index (χ1v) is 8.46. The van der Waals surface area contributed by atoms with Gasteiger partial charge in [0.25, 0.3) is 0 Å². The summed E-state index contributed by atoms with van der Waals surface area (Å²) in [7, 11) is -2.80. The van der Waals surface area contributed by atoms with Gasteiger partial charge in [0.2, 0.25) is 0 Å².